The monoisotopic (exact) mass is 352 g/mol. The first-order valence-electron chi connectivity index (χ1n) is 4.49. The Labute approximate surface area is 136 Å². The minimum atomic E-state index is -0.529. The molecule has 0 fully saturated rings. The molecule has 0 bridgehead atoms. The standard InChI is InChI=1S/C6H6O2S2.C4H2O2S2.2CH4/c1-9-5-3(7)4(8)6(5)10-2;5-1-2(6)4(8)3(1)7;;/h1-2H3;7-8H;2*1H4. The maximum absolute atomic E-state index is 10.7. The van der Waals surface area contributed by atoms with Crippen molar-refractivity contribution in [1.82, 2.24) is 0 Å². The molecular weight excluding hydrogens is 336 g/mol. The van der Waals surface area contributed by atoms with Crippen molar-refractivity contribution in [2.24, 2.45) is 0 Å². The fourth-order valence-corrected chi connectivity index (χ4v) is 3.11. The summed E-state index contributed by atoms with van der Waals surface area (Å²) in [4.78, 5) is 43.5. The summed E-state index contributed by atoms with van der Waals surface area (Å²) in [6.45, 7) is 0. The van der Waals surface area contributed by atoms with Crippen LogP contribution in [0, 0.1) is 0 Å². The van der Waals surface area contributed by atoms with Gasteiger partial charge in [-0.05, 0) is 12.5 Å². The van der Waals surface area contributed by atoms with E-state index in [1.165, 1.54) is 23.5 Å². The molecule has 0 aromatic heterocycles. The molecule has 0 aliphatic heterocycles. The second-order valence-electron chi connectivity index (χ2n) is 3.08. The van der Waals surface area contributed by atoms with Crippen LogP contribution in [0.3, 0.4) is 0 Å². The molecule has 0 aliphatic rings. The lowest BCUT2D eigenvalue weighted by Crippen LogP contribution is -2.34. The molecule has 0 radical (unpaired) electrons. The molecule has 0 spiro atoms. The lowest BCUT2D eigenvalue weighted by molar-refractivity contribution is 1.05. The minimum absolute atomic E-state index is 0. The molecule has 8 heteroatoms. The number of rotatable bonds is 2. The Bertz CT molecular complexity index is 657. The zero-order valence-electron chi connectivity index (χ0n) is 9.34. The van der Waals surface area contributed by atoms with Crippen molar-refractivity contribution in [2.75, 3.05) is 12.5 Å². The van der Waals surface area contributed by atoms with Crippen molar-refractivity contribution in [2.45, 2.75) is 34.4 Å². The maximum atomic E-state index is 10.7. The highest BCUT2D eigenvalue weighted by Crippen LogP contribution is 2.22. The van der Waals surface area contributed by atoms with Gasteiger partial charge < -0.3 is 0 Å². The molecule has 0 heterocycles. The molecule has 2 aromatic carbocycles. The molecule has 0 atom stereocenters. The van der Waals surface area contributed by atoms with Gasteiger partial charge in [-0.3, -0.25) is 19.2 Å². The third-order valence-corrected chi connectivity index (χ3v) is 4.85. The first kappa shape index (κ1) is 21.9. The highest BCUT2D eigenvalue weighted by molar-refractivity contribution is 8.01. The molecule has 0 amide bonds. The van der Waals surface area contributed by atoms with Crippen molar-refractivity contribution < 1.29 is 0 Å². The van der Waals surface area contributed by atoms with Gasteiger partial charge in [-0.15, -0.1) is 48.8 Å². The van der Waals surface area contributed by atoms with Crippen LogP contribution in [-0.2, 0) is 0 Å². The molecule has 0 saturated carbocycles. The third-order valence-electron chi connectivity index (χ3n) is 2.09. The minimum Gasteiger partial charge on any atom is -0.284 e. The van der Waals surface area contributed by atoms with Gasteiger partial charge in [-0.1, -0.05) is 14.9 Å². The van der Waals surface area contributed by atoms with Crippen LogP contribution in [0.2, 0.25) is 0 Å². The Hall–Kier alpha value is -0.440. The van der Waals surface area contributed by atoms with Crippen molar-refractivity contribution in [3.05, 3.63) is 40.9 Å². The summed E-state index contributed by atoms with van der Waals surface area (Å²) in [5.74, 6) is 0. The zero-order chi connectivity index (χ0) is 14.0. The number of hydrogen-bond acceptors (Lipinski definition) is 8. The van der Waals surface area contributed by atoms with E-state index in [0.717, 1.165) is 0 Å². The molecule has 112 valence electrons. The second kappa shape index (κ2) is 8.76. The van der Waals surface area contributed by atoms with Gasteiger partial charge in [0.25, 0.3) is 0 Å². The number of thiol groups is 2. The van der Waals surface area contributed by atoms with Gasteiger partial charge >= 0.3 is 0 Å². The topological polar surface area (TPSA) is 68.3 Å². The van der Waals surface area contributed by atoms with Gasteiger partial charge in [0, 0.05) is 0 Å². The summed E-state index contributed by atoms with van der Waals surface area (Å²) in [5, 5.41) is 0. The second-order valence-corrected chi connectivity index (χ2v) is 5.61. The Morgan fingerprint density at radius 2 is 0.900 bits per heavy atom. The van der Waals surface area contributed by atoms with Crippen LogP contribution in [0.15, 0.2) is 38.8 Å². The van der Waals surface area contributed by atoms with Crippen LogP contribution < -0.4 is 21.7 Å². The van der Waals surface area contributed by atoms with Crippen LogP contribution in [0.1, 0.15) is 14.9 Å². The van der Waals surface area contributed by atoms with Crippen molar-refractivity contribution >= 4 is 48.8 Å². The van der Waals surface area contributed by atoms with E-state index < -0.39 is 10.9 Å². The fraction of sp³-hybridized carbons (Fsp3) is 0.333. The van der Waals surface area contributed by atoms with Crippen LogP contribution in [0.5, 0.6) is 0 Å². The van der Waals surface area contributed by atoms with Gasteiger partial charge in [0.05, 0.1) is 19.6 Å². The Morgan fingerprint density at radius 1 is 0.650 bits per heavy atom. The third kappa shape index (κ3) is 3.81. The van der Waals surface area contributed by atoms with E-state index in [4.69, 9.17) is 0 Å². The molecule has 4 nitrogen and oxygen atoms in total. The smallest absolute Gasteiger partial charge is 0.241 e. The van der Waals surface area contributed by atoms with E-state index in [1.54, 1.807) is 12.5 Å². The predicted octanol–water partition coefficient (Wildman–Crippen LogP) is 1.86. The average Bonchev–Trinajstić information content (AvgIpc) is 2.41. The maximum Gasteiger partial charge on any atom is 0.241 e. The Kier molecular flexibility index (Phi) is 9.57. The average molecular weight is 353 g/mol. The molecule has 0 unspecified atom stereocenters. The predicted molar refractivity (Wildman–Crippen MR) is 94.2 cm³/mol. The SMILES string of the molecule is C.C.CSc1c(SC)c(=O)c1=O.O=c1c(S)c(S)c1=O. The Balaban J connectivity index is 0. The van der Waals surface area contributed by atoms with E-state index in [-0.39, 0.29) is 35.5 Å². The van der Waals surface area contributed by atoms with Crippen molar-refractivity contribution in [1.29, 1.82) is 0 Å². The van der Waals surface area contributed by atoms with Gasteiger partial charge in [0.2, 0.25) is 21.7 Å². The van der Waals surface area contributed by atoms with Gasteiger partial charge in [-0.25, -0.2) is 0 Å². The van der Waals surface area contributed by atoms with Crippen molar-refractivity contribution in [3.63, 3.8) is 0 Å². The zero-order valence-corrected chi connectivity index (χ0v) is 12.8. The first-order chi connectivity index (χ1) is 8.36. The van der Waals surface area contributed by atoms with E-state index in [2.05, 4.69) is 25.3 Å². The fourth-order valence-electron chi connectivity index (χ4n) is 1.09. The van der Waals surface area contributed by atoms with Crippen LogP contribution in [0.4, 0.5) is 0 Å². The largest absolute Gasteiger partial charge is 0.284 e. The summed E-state index contributed by atoms with van der Waals surface area (Å²) in [6.07, 6.45) is 3.60. The van der Waals surface area contributed by atoms with E-state index in [9.17, 15) is 19.2 Å². The van der Waals surface area contributed by atoms with E-state index in [1.807, 2.05) is 0 Å². The van der Waals surface area contributed by atoms with E-state index >= 15 is 0 Å². The van der Waals surface area contributed by atoms with Crippen LogP contribution in [-0.4, -0.2) is 12.5 Å². The van der Waals surface area contributed by atoms with Gasteiger partial charge in [0.15, 0.2) is 0 Å². The van der Waals surface area contributed by atoms with Crippen molar-refractivity contribution in [3.8, 4) is 0 Å². The molecule has 0 saturated heterocycles. The lowest BCUT2D eigenvalue weighted by Gasteiger charge is -2.02. The number of thioether (sulfide) groups is 2. The summed E-state index contributed by atoms with van der Waals surface area (Å²) >= 11 is 10.0. The van der Waals surface area contributed by atoms with E-state index in [0.29, 0.717) is 9.79 Å². The quantitative estimate of drug-likeness (QED) is 0.488. The summed E-state index contributed by atoms with van der Waals surface area (Å²) < 4.78 is 0. The highest BCUT2D eigenvalue weighted by Gasteiger charge is 2.18. The highest BCUT2D eigenvalue weighted by atomic mass is 32.2. The Morgan fingerprint density at radius 3 is 1.05 bits per heavy atom. The summed E-state index contributed by atoms with van der Waals surface area (Å²) in [6, 6.07) is 0. The normalized spacial score (nSPS) is 9.40. The molecule has 2 rings (SSSR count). The molecule has 2 aromatic rings. The summed E-state index contributed by atoms with van der Waals surface area (Å²) in [7, 11) is 0. The van der Waals surface area contributed by atoms with Gasteiger partial charge in [0.1, 0.15) is 0 Å². The van der Waals surface area contributed by atoms with Crippen LogP contribution >= 0.6 is 48.8 Å². The molecule has 0 N–H and O–H groups in total. The number of hydrogen-bond donors (Lipinski definition) is 2. The molecule has 20 heavy (non-hydrogen) atoms. The molecular formula is C12H16O4S4. The molecule has 0 aliphatic carbocycles. The van der Waals surface area contributed by atoms with Gasteiger partial charge in [-0.2, -0.15) is 0 Å². The lowest BCUT2D eigenvalue weighted by atomic mass is 10.3. The first-order valence-corrected chi connectivity index (χ1v) is 7.83. The van der Waals surface area contributed by atoms with Crippen LogP contribution in [0.25, 0.3) is 0 Å². The summed E-state index contributed by atoms with van der Waals surface area (Å²) in [5.41, 5.74) is -1.70.